The van der Waals surface area contributed by atoms with Crippen LogP contribution in [0.1, 0.15) is 30.9 Å². The molecule has 2 aromatic rings. The molecule has 1 heterocycles. The van der Waals surface area contributed by atoms with Crippen LogP contribution in [0.2, 0.25) is 0 Å². The van der Waals surface area contributed by atoms with Crippen LogP contribution in [0.15, 0.2) is 54.6 Å². The Morgan fingerprint density at radius 3 is 2.19 bits per heavy atom. The minimum Gasteiger partial charge on any atom is -0.388 e. The molecule has 1 aliphatic rings. The molecular weight excluding hydrogens is 260 g/mol. The van der Waals surface area contributed by atoms with Gasteiger partial charge in [0.05, 0.1) is 6.10 Å². The van der Waals surface area contributed by atoms with Crippen LogP contribution in [0.5, 0.6) is 0 Å². The Balaban J connectivity index is 1.66. The molecule has 1 aliphatic heterocycles. The molecule has 1 saturated heterocycles. The summed E-state index contributed by atoms with van der Waals surface area (Å²) < 4.78 is 5.37. The molecule has 2 heteroatoms. The Labute approximate surface area is 126 Å². The maximum absolute atomic E-state index is 10.4. The maximum Gasteiger partial charge on any atom is 0.0792 e. The summed E-state index contributed by atoms with van der Waals surface area (Å²) >= 11 is 0. The number of benzene rings is 2. The van der Waals surface area contributed by atoms with Gasteiger partial charge in [-0.3, -0.25) is 0 Å². The van der Waals surface area contributed by atoms with E-state index in [0.29, 0.717) is 5.92 Å². The SMILES string of the molecule is OC(CC1CCOCC1)c1ccc(-c2ccccc2)cc1. The summed E-state index contributed by atoms with van der Waals surface area (Å²) in [6.45, 7) is 1.68. The molecule has 3 rings (SSSR count). The second-order valence-electron chi connectivity index (χ2n) is 5.80. The fourth-order valence-electron chi connectivity index (χ4n) is 2.96. The van der Waals surface area contributed by atoms with Gasteiger partial charge in [-0.15, -0.1) is 0 Å². The van der Waals surface area contributed by atoms with E-state index < -0.39 is 0 Å². The number of hydrogen-bond donors (Lipinski definition) is 1. The summed E-state index contributed by atoms with van der Waals surface area (Å²) in [5.41, 5.74) is 3.42. The Bertz CT molecular complexity index is 542. The monoisotopic (exact) mass is 282 g/mol. The lowest BCUT2D eigenvalue weighted by atomic mass is 9.90. The van der Waals surface area contributed by atoms with Crippen molar-refractivity contribution in [1.29, 1.82) is 0 Å². The number of aliphatic hydroxyl groups is 1. The minimum absolute atomic E-state index is 0.363. The summed E-state index contributed by atoms with van der Waals surface area (Å²) in [5.74, 6) is 0.586. The second-order valence-corrected chi connectivity index (χ2v) is 5.80. The zero-order chi connectivity index (χ0) is 14.5. The van der Waals surface area contributed by atoms with Crippen molar-refractivity contribution in [3.63, 3.8) is 0 Å². The highest BCUT2D eigenvalue weighted by molar-refractivity contribution is 5.63. The predicted octanol–water partition coefficient (Wildman–Crippen LogP) is 4.20. The quantitative estimate of drug-likeness (QED) is 0.910. The Morgan fingerprint density at radius 2 is 1.52 bits per heavy atom. The Kier molecular flexibility index (Phi) is 4.69. The highest BCUT2D eigenvalue weighted by atomic mass is 16.5. The van der Waals surface area contributed by atoms with Crippen LogP contribution in [-0.4, -0.2) is 18.3 Å². The van der Waals surface area contributed by atoms with Gasteiger partial charge in [-0.05, 0) is 41.9 Å². The predicted molar refractivity (Wildman–Crippen MR) is 85.0 cm³/mol. The molecule has 1 N–H and O–H groups in total. The third-order valence-electron chi connectivity index (χ3n) is 4.30. The molecule has 110 valence electrons. The van der Waals surface area contributed by atoms with Crippen molar-refractivity contribution in [2.24, 2.45) is 5.92 Å². The normalized spacial score (nSPS) is 17.6. The van der Waals surface area contributed by atoms with E-state index in [-0.39, 0.29) is 6.10 Å². The summed E-state index contributed by atoms with van der Waals surface area (Å²) in [6, 6.07) is 18.6. The molecule has 0 bridgehead atoms. The van der Waals surface area contributed by atoms with E-state index in [1.165, 1.54) is 11.1 Å². The highest BCUT2D eigenvalue weighted by Crippen LogP contribution is 2.29. The topological polar surface area (TPSA) is 29.5 Å². The van der Waals surface area contributed by atoms with E-state index in [1.54, 1.807) is 0 Å². The standard InChI is InChI=1S/C19H22O2/c20-19(14-15-10-12-21-13-11-15)18-8-6-17(7-9-18)16-4-2-1-3-5-16/h1-9,15,19-20H,10-14H2. The number of aliphatic hydroxyl groups excluding tert-OH is 1. The van der Waals surface area contributed by atoms with Crippen molar-refractivity contribution in [3.05, 3.63) is 60.2 Å². The first-order chi connectivity index (χ1) is 10.3. The molecule has 2 nitrogen and oxygen atoms in total. The summed E-state index contributed by atoms with van der Waals surface area (Å²) in [7, 11) is 0. The fraction of sp³-hybridized carbons (Fsp3) is 0.368. The Hall–Kier alpha value is -1.64. The van der Waals surface area contributed by atoms with E-state index in [2.05, 4.69) is 24.3 Å². The first kappa shape index (κ1) is 14.3. The molecule has 1 unspecified atom stereocenters. The van der Waals surface area contributed by atoms with Crippen LogP contribution in [-0.2, 0) is 4.74 Å². The Morgan fingerprint density at radius 1 is 0.905 bits per heavy atom. The molecule has 0 aromatic heterocycles. The highest BCUT2D eigenvalue weighted by Gasteiger charge is 2.18. The van der Waals surface area contributed by atoms with Crippen molar-refractivity contribution < 1.29 is 9.84 Å². The van der Waals surface area contributed by atoms with Gasteiger partial charge in [0.25, 0.3) is 0 Å². The van der Waals surface area contributed by atoms with Gasteiger partial charge in [-0.2, -0.15) is 0 Å². The number of ether oxygens (including phenoxy) is 1. The average Bonchev–Trinajstić information content (AvgIpc) is 2.57. The van der Waals surface area contributed by atoms with E-state index in [1.807, 2.05) is 30.3 Å². The summed E-state index contributed by atoms with van der Waals surface area (Å²) in [6.07, 6.45) is 2.62. The number of hydrogen-bond acceptors (Lipinski definition) is 2. The fourth-order valence-corrected chi connectivity index (χ4v) is 2.96. The van der Waals surface area contributed by atoms with Crippen LogP contribution in [0.25, 0.3) is 11.1 Å². The zero-order valence-corrected chi connectivity index (χ0v) is 12.2. The van der Waals surface area contributed by atoms with Crippen LogP contribution in [0.4, 0.5) is 0 Å². The molecule has 21 heavy (non-hydrogen) atoms. The van der Waals surface area contributed by atoms with Crippen molar-refractivity contribution >= 4 is 0 Å². The lowest BCUT2D eigenvalue weighted by molar-refractivity contribution is 0.0435. The lowest BCUT2D eigenvalue weighted by Crippen LogP contribution is -2.18. The summed E-state index contributed by atoms with van der Waals surface area (Å²) in [4.78, 5) is 0. The van der Waals surface area contributed by atoms with Gasteiger partial charge in [0.1, 0.15) is 0 Å². The second kappa shape index (κ2) is 6.88. The molecule has 0 radical (unpaired) electrons. The van der Waals surface area contributed by atoms with Gasteiger partial charge in [0.2, 0.25) is 0 Å². The average molecular weight is 282 g/mol. The van der Waals surface area contributed by atoms with E-state index >= 15 is 0 Å². The molecule has 1 atom stereocenters. The smallest absolute Gasteiger partial charge is 0.0792 e. The first-order valence-corrected chi connectivity index (χ1v) is 7.74. The molecule has 0 saturated carbocycles. The number of rotatable bonds is 4. The van der Waals surface area contributed by atoms with Gasteiger partial charge in [-0.1, -0.05) is 54.6 Å². The maximum atomic E-state index is 10.4. The van der Waals surface area contributed by atoms with E-state index in [9.17, 15) is 5.11 Å². The zero-order valence-electron chi connectivity index (χ0n) is 12.2. The van der Waals surface area contributed by atoms with E-state index in [0.717, 1.165) is 38.0 Å². The molecule has 1 fully saturated rings. The van der Waals surface area contributed by atoms with Crippen LogP contribution < -0.4 is 0 Å². The van der Waals surface area contributed by atoms with Crippen molar-refractivity contribution in [2.75, 3.05) is 13.2 Å². The van der Waals surface area contributed by atoms with Crippen LogP contribution >= 0.6 is 0 Å². The van der Waals surface area contributed by atoms with Gasteiger partial charge in [0, 0.05) is 13.2 Å². The summed E-state index contributed by atoms with van der Waals surface area (Å²) in [5, 5.41) is 10.4. The largest absolute Gasteiger partial charge is 0.388 e. The van der Waals surface area contributed by atoms with Crippen molar-refractivity contribution in [3.8, 4) is 11.1 Å². The molecule has 0 spiro atoms. The molecule has 2 aromatic carbocycles. The third-order valence-corrected chi connectivity index (χ3v) is 4.30. The third kappa shape index (κ3) is 3.72. The van der Waals surface area contributed by atoms with Crippen molar-refractivity contribution in [1.82, 2.24) is 0 Å². The molecule has 0 amide bonds. The van der Waals surface area contributed by atoms with Crippen molar-refractivity contribution in [2.45, 2.75) is 25.4 Å². The van der Waals surface area contributed by atoms with Gasteiger partial charge >= 0.3 is 0 Å². The van der Waals surface area contributed by atoms with E-state index in [4.69, 9.17) is 4.74 Å². The molecule has 0 aliphatic carbocycles. The van der Waals surface area contributed by atoms with Gasteiger partial charge in [-0.25, -0.2) is 0 Å². The minimum atomic E-state index is -0.363. The van der Waals surface area contributed by atoms with Gasteiger partial charge in [0.15, 0.2) is 0 Å². The molecular formula is C19H22O2. The van der Waals surface area contributed by atoms with Gasteiger partial charge < -0.3 is 9.84 Å². The first-order valence-electron chi connectivity index (χ1n) is 7.74. The van der Waals surface area contributed by atoms with Crippen LogP contribution in [0.3, 0.4) is 0 Å². The van der Waals surface area contributed by atoms with Crippen LogP contribution in [0, 0.1) is 5.92 Å². The lowest BCUT2D eigenvalue weighted by Gasteiger charge is -2.24.